The van der Waals surface area contributed by atoms with E-state index in [1.165, 1.54) is 4.90 Å². The summed E-state index contributed by atoms with van der Waals surface area (Å²) < 4.78 is 23.6. The third-order valence-electron chi connectivity index (χ3n) is 9.56. The van der Waals surface area contributed by atoms with Gasteiger partial charge in [-0.1, -0.05) is 52.3 Å². The highest BCUT2D eigenvalue weighted by Gasteiger charge is 2.56. The third-order valence-corrected chi connectivity index (χ3v) is 9.80. The number of amides is 1. The minimum atomic E-state index is -0.963. The van der Waals surface area contributed by atoms with Gasteiger partial charge in [-0.15, -0.1) is 6.58 Å². The summed E-state index contributed by atoms with van der Waals surface area (Å²) in [5.74, 6) is -1.55. The van der Waals surface area contributed by atoms with Gasteiger partial charge >= 0.3 is 11.9 Å². The Balaban J connectivity index is 1.59. The fourth-order valence-electron chi connectivity index (χ4n) is 6.64. The van der Waals surface area contributed by atoms with Crippen molar-refractivity contribution in [3.05, 3.63) is 36.0 Å². The molecular formula is C37H52ClN3O7. The summed E-state index contributed by atoms with van der Waals surface area (Å²) in [6.07, 6.45) is 5.59. The number of allylic oxidation sites excluding steroid dienone is 1. The van der Waals surface area contributed by atoms with Crippen LogP contribution in [0.4, 0.5) is 0 Å². The van der Waals surface area contributed by atoms with Gasteiger partial charge in [-0.2, -0.15) is 0 Å². The highest BCUT2D eigenvalue weighted by Crippen LogP contribution is 2.52. The first-order valence-electron chi connectivity index (χ1n) is 17.0. The minimum Gasteiger partial charge on any atom is -0.497 e. The monoisotopic (exact) mass is 685 g/mol. The number of rotatable bonds is 13. The van der Waals surface area contributed by atoms with E-state index in [1.54, 1.807) is 46.1 Å². The molecule has 0 N–H and O–H groups in total. The van der Waals surface area contributed by atoms with Gasteiger partial charge in [0.1, 0.15) is 29.1 Å². The molecule has 10 nitrogen and oxygen atoms in total. The van der Waals surface area contributed by atoms with Gasteiger partial charge in [0.05, 0.1) is 37.0 Å². The molecule has 6 atom stereocenters. The maximum absolute atomic E-state index is 14.5. The van der Waals surface area contributed by atoms with Gasteiger partial charge in [-0.05, 0) is 70.4 Å². The Bertz CT molecular complexity index is 1520. The molecule has 2 fully saturated rings. The Hall–Kier alpha value is -3.40. The number of methoxy groups -OCH3 is 1. The quantitative estimate of drug-likeness (QED) is 0.121. The number of aromatic nitrogens is 2. The van der Waals surface area contributed by atoms with Crippen LogP contribution in [-0.4, -0.2) is 69.7 Å². The fraction of sp³-hybridized carbons (Fsp3) is 0.649. The lowest BCUT2D eigenvalue weighted by Crippen LogP contribution is -2.50. The summed E-state index contributed by atoms with van der Waals surface area (Å²) in [5, 5.41) is 0.0569. The van der Waals surface area contributed by atoms with E-state index in [0.717, 1.165) is 32.1 Å². The zero-order valence-electron chi connectivity index (χ0n) is 29.9. The van der Waals surface area contributed by atoms with Gasteiger partial charge in [-0.25, -0.2) is 14.8 Å². The summed E-state index contributed by atoms with van der Waals surface area (Å²) >= 11 is 6.51. The van der Waals surface area contributed by atoms with E-state index in [4.69, 9.17) is 30.5 Å². The van der Waals surface area contributed by atoms with Gasteiger partial charge in [-0.3, -0.25) is 9.59 Å². The molecule has 1 aromatic heterocycles. The first-order valence-corrected chi connectivity index (χ1v) is 17.3. The molecule has 1 aromatic carbocycles. The number of fused-ring (bicyclic) bond motifs is 1. The Morgan fingerprint density at radius 2 is 1.85 bits per heavy atom. The number of halogens is 1. The van der Waals surface area contributed by atoms with Crippen molar-refractivity contribution < 1.29 is 33.3 Å². The summed E-state index contributed by atoms with van der Waals surface area (Å²) in [6.45, 7) is 18.8. The van der Waals surface area contributed by atoms with Crippen molar-refractivity contribution in [3.63, 3.8) is 0 Å². The lowest BCUT2D eigenvalue weighted by Gasteiger charge is -2.35. The summed E-state index contributed by atoms with van der Waals surface area (Å²) in [7, 11) is 1.56. The molecule has 2 aromatic rings. The molecule has 11 heteroatoms. The van der Waals surface area contributed by atoms with Crippen LogP contribution in [-0.2, 0) is 23.9 Å². The Morgan fingerprint density at radius 3 is 2.46 bits per heavy atom. The average Bonchev–Trinajstić information content (AvgIpc) is 3.58. The van der Waals surface area contributed by atoms with Crippen LogP contribution in [0.1, 0.15) is 93.9 Å². The highest BCUT2D eigenvalue weighted by atomic mass is 35.5. The SMILES string of the molecule is C=CCCC[C@@H]1C[C@@]1(CC)OC(=O)C[C@H](C(=O)N1C[C@H](Oc2nc3cc(OC)ccc3nc2Cl)[C@@H](C)[C@H]1C(=O)OC(C)(C)C)C(C)(C)C. The summed E-state index contributed by atoms with van der Waals surface area (Å²) in [4.78, 5) is 52.3. The van der Waals surface area contributed by atoms with Crippen molar-refractivity contribution in [1.82, 2.24) is 14.9 Å². The number of carbonyl (C=O) groups is 3. The van der Waals surface area contributed by atoms with E-state index in [9.17, 15) is 14.4 Å². The van der Waals surface area contributed by atoms with Crippen molar-refractivity contribution in [2.24, 2.45) is 23.2 Å². The third kappa shape index (κ3) is 8.60. The smallest absolute Gasteiger partial charge is 0.329 e. The lowest BCUT2D eigenvalue weighted by atomic mass is 9.77. The summed E-state index contributed by atoms with van der Waals surface area (Å²) in [6, 6.07) is 4.28. The van der Waals surface area contributed by atoms with E-state index < -0.39 is 52.5 Å². The molecule has 1 saturated carbocycles. The molecule has 2 aliphatic rings. The Morgan fingerprint density at radius 1 is 1.15 bits per heavy atom. The predicted molar refractivity (Wildman–Crippen MR) is 185 cm³/mol. The second-order valence-corrected chi connectivity index (χ2v) is 15.7. The number of ether oxygens (including phenoxy) is 4. The van der Waals surface area contributed by atoms with Crippen LogP contribution < -0.4 is 9.47 Å². The molecule has 4 rings (SSSR count). The zero-order valence-corrected chi connectivity index (χ0v) is 30.7. The predicted octanol–water partition coefficient (Wildman–Crippen LogP) is 7.35. The largest absolute Gasteiger partial charge is 0.497 e. The van der Waals surface area contributed by atoms with Crippen molar-refractivity contribution in [1.29, 1.82) is 0 Å². The number of esters is 2. The van der Waals surface area contributed by atoms with Gasteiger partial charge in [0.15, 0.2) is 5.15 Å². The van der Waals surface area contributed by atoms with E-state index in [1.807, 2.05) is 40.7 Å². The van der Waals surface area contributed by atoms with Crippen LogP contribution >= 0.6 is 11.6 Å². The van der Waals surface area contributed by atoms with E-state index in [0.29, 0.717) is 22.7 Å². The summed E-state index contributed by atoms with van der Waals surface area (Å²) in [5.41, 5.74) is -0.797. The highest BCUT2D eigenvalue weighted by molar-refractivity contribution is 6.31. The second-order valence-electron chi connectivity index (χ2n) is 15.3. The van der Waals surface area contributed by atoms with Crippen LogP contribution in [0.3, 0.4) is 0 Å². The zero-order chi connectivity index (χ0) is 35.6. The van der Waals surface area contributed by atoms with Crippen LogP contribution in [0.2, 0.25) is 5.15 Å². The van der Waals surface area contributed by atoms with Crippen molar-refractivity contribution in [2.75, 3.05) is 13.7 Å². The van der Waals surface area contributed by atoms with Crippen LogP contribution in [0.15, 0.2) is 30.9 Å². The molecule has 48 heavy (non-hydrogen) atoms. The molecule has 1 aliphatic heterocycles. The first-order chi connectivity index (χ1) is 22.4. The van der Waals surface area contributed by atoms with Gasteiger partial charge in [0.25, 0.3) is 5.88 Å². The molecule has 0 unspecified atom stereocenters. The van der Waals surface area contributed by atoms with Crippen molar-refractivity contribution in [2.45, 2.75) is 117 Å². The molecule has 1 amide bonds. The van der Waals surface area contributed by atoms with Gasteiger partial charge < -0.3 is 23.8 Å². The number of benzene rings is 1. The average molecular weight is 686 g/mol. The lowest BCUT2D eigenvalue weighted by molar-refractivity contribution is -0.167. The molecule has 0 spiro atoms. The molecule has 1 saturated heterocycles. The standard InChI is InChI=1S/C37H52ClN3O7/c1-11-13-14-15-23-20-37(23,12-2)47-29(42)19-25(35(4,5)6)33(43)41-21-28(22(3)30(41)34(44)48-36(7,8)9)46-32-31(38)39-26-17-16-24(45-10)18-27(26)40-32/h11,16-18,22-23,25,28,30H,1,12-15,19-21H2,2-10H3/t22-,23-,25-,28+,30+,37-/m1/s1. The van der Waals surface area contributed by atoms with E-state index >= 15 is 0 Å². The Labute approximate surface area is 289 Å². The fourth-order valence-corrected chi connectivity index (χ4v) is 6.82. The minimum absolute atomic E-state index is 0.0569. The van der Waals surface area contributed by atoms with E-state index in [-0.39, 0.29) is 29.9 Å². The molecule has 0 bridgehead atoms. The normalized spacial score (nSPS) is 24.6. The van der Waals surface area contributed by atoms with Gasteiger partial charge in [0, 0.05) is 17.9 Å². The number of hydrogen-bond donors (Lipinski definition) is 0. The molecule has 2 heterocycles. The molecule has 1 aliphatic carbocycles. The topological polar surface area (TPSA) is 117 Å². The number of unbranched alkanes of at least 4 members (excludes halogenated alkanes) is 1. The van der Waals surface area contributed by atoms with Crippen molar-refractivity contribution >= 4 is 40.5 Å². The maximum Gasteiger partial charge on any atom is 0.329 e. The maximum atomic E-state index is 14.5. The number of nitrogens with zero attached hydrogens (tertiary/aromatic N) is 3. The van der Waals surface area contributed by atoms with E-state index in [2.05, 4.69) is 16.5 Å². The van der Waals surface area contributed by atoms with Gasteiger partial charge in [0.2, 0.25) is 5.91 Å². The molecular weight excluding hydrogens is 634 g/mol. The molecule has 0 radical (unpaired) electrons. The number of carbonyl (C=O) groups excluding carboxylic acids is 3. The number of likely N-dealkylation sites (tertiary alicyclic amines) is 1. The van der Waals surface area contributed by atoms with Crippen molar-refractivity contribution in [3.8, 4) is 11.6 Å². The van der Waals surface area contributed by atoms with Crippen LogP contribution in [0, 0.1) is 23.2 Å². The molecule has 264 valence electrons. The first kappa shape index (κ1) is 37.4. The van der Waals surface area contributed by atoms with Crippen LogP contribution in [0.25, 0.3) is 11.0 Å². The second kappa shape index (κ2) is 14.6. The van der Waals surface area contributed by atoms with Crippen LogP contribution in [0.5, 0.6) is 11.6 Å². The number of hydrogen-bond acceptors (Lipinski definition) is 9. The Kier molecular flexibility index (Phi) is 11.4.